The summed E-state index contributed by atoms with van der Waals surface area (Å²) in [4.78, 5) is 11.3. The fourth-order valence-electron chi connectivity index (χ4n) is 3.38. The van der Waals surface area contributed by atoms with Crippen LogP contribution in [0.4, 0.5) is 11.8 Å². The van der Waals surface area contributed by atoms with Crippen LogP contribution in [0, 0.1) is 17.8 Å². The number of nitrogen functional groups attached to an aromatic ring is 1. The minimum atomic E-state index is -1.05. The number of anilines is 2. The fourth-order valence-corrected chi connectivity index (χ4v) is 3.61. The molecule has 154 valence electrons. The van der Waals surface area contributed by atoms with Crippen molar-refractivity contribution in [3.63, 3.8) is 0 Å². The zero-order valence-electron chi connectivity index (χ0n) is 16.1. The summed E-state index contributed by atoms with van der Waals surface area (Å²) in [6.45, 7) is 1.88. The molecular weight excluding hydrogens is 394 g/mol. The lowest BCUT2D eigenvalue weighted by Crippen LogP contribution is -2.37. The maximum atomic E-state index is 10.3. The molecule has 1 saturated carbocycles. The van der Waals surface area contributed by atoms with Crippen molar-refractivity contribution in [1.82, 2.24) is 9.97 Å². The predicted molar refractivity (Wildman–Crippen MR) is 109 cm³/mol. The number of aromatic amines is 1. The van der Waals surface area contributed by atoms with Crippen molar-refractivity contribution in [3.05, 3.63) is 40.3 Å². The van der Waals surface area contributed by atoms with E-state index in [0.29, 0.717) is 17.8 Å². The summed E-state index contributed by atoms with van der Waals surface area (Å²) < 4.78 is 0. The number of aromatic nitrogens is 3. The number of nitrogens with two attached hydrogens (primary N) is 1. The molecule has 1 aliphatic rings. The second kappa shape index (κ2) is 9.37. The number of hydrogen-bond acceptors (Lipinski definition) is 7. The fraction of sp³-hybridized carbons (Fsp3) is 0.450. The summed E-state index contributed by atoms with van der Waals surface area (Å²) in [5.74, 6) is 6.04. The number of nitrogens with zero attached hydrogens (tertiary/aromatic N) is 2. The van der Waals surface area contributed by atoms with Gasteiger partial charge in [0.05, 0.1) is 12.1 Å². The average molecular weight is 419 g/mol. The summed E-state index contributed by atoms with van der Waals surface area (Å²) in [5.41, 5.74) is 7.88. The van der Waals surface area contributed by atoms with Gasteiger partial charge in [-0.05, 0) is 36.6 Å². The van der Waals surface area contributed by atoms with Gasteiger partial charge < -0.3 is 26.4 Å². The van der Waals surface area contributed by atoms with Gasteiger partial charge in [0.1, 0.15) is 11.7 Å². The minimum absolute atomic E-state index is 0.0837. The Balaban J connectivity index is 1.87. The number of aliphatic hydroxyl groups is 3. The molecule has 0 bridgehead atoms. The third kappa shape index (κ3) is 4.95. The van der Waals surface area contributed by atoms with Gasteiger partial charge in [-0.25, -0.2) is 4.98 Å². The predicted octanol–water partition coefficient (Wildman–Crippen LogP) is 0.393. The van der Waals surface area contributed by atoms with Gasteiger partial charge in [-0.3, -0.25) is 4.98 Å². The average Bonchev–Trinajstić information content (AvgIpc) is 2.96. The van der Waals surface area contributed by atoms with Crippen molar-refractivity contribution >= 4 is 23.4 Å². The second-order valence-corrected chi connectivity index (χ2v) is 7.47. The van der Waals surface area contributed by atoms with Gasteiger partial charge in [0.2, 0.25) is 11.0 Å². The molecule has 0 aliphatic heterocycles. The topological polar surface area (TPSA) is 139 Å². The summed E-state index contributed by atoms with van der Waals surface area (Å²) in [6, 6.07) is 3.32. The Kier molecular flexibility index (Phi) is 6.87. The lowest BCUT2D eigenvalue weighted by atomic mass is 10.1. The number of pyridine rings is 1. The van der Waals surface area contributed by atoms with Crippen molar-refractivity contribution in [2.75, 3.05) is 17.7 Å². The normalized spacial score (nSPS) is 23.5. The van der Waals surface area contributed by atoms with E-state index >= 15 is 0 Å². The number of nitrogens with one attached hydrogen (secondary N) is 2. The van der Waals surface area contributed by atoms with Crippen molar-refractivity contribution < 1.29 is 20.3 Å². The molecule has 0 radical (unpaired) electrons. The van der Waals surface area contributed by atoms with Crippen LogP contribution >= 0.6 is 11.6 Å². The third-order valence-corrected chi connectivity index (χ3v) is 5.23. The molecule has 2 heterocycles. The van der Waals surface area contributed by atoms with E-state index in [4.69, 9.17) is 17.3 Å². The van der Waals surface area contributed by atoms with Crippen molar-refractivity contribution in [2.45, 2.75) is 44.4 Å². The molecule has 0 saturated heterocycles. The molecule has 29 heavy (non-hydrogen) atoms. The molecule has 4 unspecified atom stereocenters. The van der Waals surface area contributed by atoms with Gasteiger partial charge >= 0.3 is 5.95 Å². The quantitative estimate of drug-likeness (QED) is 0.349. The van der Waals surface area contributed by atoms with Crippen molar-refractivity contribution in [1.29, 1.82) is 0 Å². The van der Waals surface area contributed by atoms with E-state index in [1.165, 1.54) is 0 Å². The van der Waals surface area contributed by atoms with Crippen LogP contribution in [0.25, 0.3) is 0 Å². The maximum absolute atomic E-state index is 10.3. The van der Waals surface area contributed by atoms with E-state index in [9.17, 15) is 15.3 Å². The number of aliphatic hydroxyl groups excluding tert-OH is 3. The zero-order chi connectivity index (χ0) is 21.0. The van der Waals surface area contributed by atoms with E-state index < -0.39 is 24.2 Å². The third-order valence-electron chi connectivity index (χ3n) is 4.96. The maximum Gasteiger partial charge on any atom is 0.343 e. The monoisotopic (exact) mass is 418 g/mol. The van der Waals surface area contributed by atoms with Crippen LogP contribution in [0.2, 0.25) is 5.15 Å². The van der Waals surface area contributed by atoms with Crippen LogP contribution in [0.15, 0.2) is 18.3 Å². The number of aryl methyl sites for hydroxylation is 1. The Morgan fingerprint density at radius 3 is 2.72 bits per heavy atom. The minimum Gasteiger partial charge on any atom is -0.396 e. The summed E-state index contributed by atoms with van der Waals surface area (Å²) in [5, 5.41) is 32.9. The Bertz CT molecular complexity index is 913. The molecule has 1 aliphatic carbocycles. The molecule has 4 atom stereocenters. The smallest absolute Gasteiger partial charge is 0.343 e. The van der Waals surface area contributed by atoms with Gasteiger partial charge in [-0.15, -0.1) is 0 Å². The Hall–Kier alpha value is -2.44. The van der Waals surface area contributed by atoms with Crippen LogP contribution < -0.4 is 16.0 Å². The van der Waals surface area contributed by atoms with Crippen LogP contribution in [0.3, 0.4) is 0 Å². The van der Waals surface area contributed by atoms with E-state index in [1.54, 1.807) is 6.20 Å². The molecule has 1 fully saturated rings. The van der Waals surface area contributed by atoms with Crippen LogP contribution in [-0.2, 0) is 6.42 Å². The Labute approximate surface area is 174 Å². The summed E-state index contributed by atoms with van der Waals surface area (Å²) in [7, 11) is 0. The highest BCUT2D eigenvalue weighted by Gasteiger charge is 2.42. The first-order valence-corrected chi connectivity index (χ1v) is 9.89. The molecule has 9 heteroatoms. The first-order valence-electron chi connectivity index (χ1n) is 9.51. The van der Waals surface area contributed by atoms with E-state index in [2.05, 4.69) is 39.0 Å². The van der Waals surface area contributed by atoms with Gasteiger partial charge in [-0.1, -0.05) is 30.2 Å². The van der Waals surface area contributed by atoms with Gasteiger partial charge in [0.25, 0.3) is 0 Å². The number of rotatable bonds is 5. The molecular formula is C20H25ClN5O3+. The SMILES string of the molecule is CCCc1ccc(C#Cc2c(Cl)nc(N)[nH+]c2NC2CC(CO)C(O)C2O)cn1. The van der Waals surface area contributed by atoms with Crippen molar-refractivity contribution in [2.24, 2.45) is 5.92 Å². The molecule has 2 aromatic rings. The van der Waals surface area contributed by atoms with Gasteiger partial charge in [0.15, 0.2) is 0 Å². The van der Waals surface area contributed by atoms with Gasteiger partial charge in [0, 0.05) is 30.0 Å². The summed E-state index contributed by atoms with van der Waals surface area (Å²) >= 11 is 6.25. The molecule has 0 aromatic carbocycles. The lowest BCUT2D eigenvalue weighted by Gasteiger charge is -2.17. The molecule has 3 rings (SSSR count). The molecule has 7 N–H and O–H groups in total. The highest BCUT2D eigenvalue weighted by molar-refractivity contribution is 6.30. The molecule has 2 aromatic heterocycles. The Morgan fingerprint density at radius 2 is 2.10 bits per heavy atom. The van der Waals surface area contributed by atoms with Crippen LogP contribution in [-0.4, -0.2) is 50.1 Å². The van der Waals surface area contributed by atoms with E-state index in [0.717, 1.165) is 24.1 Å². The van der Waals surface area contributed by atoms with Crippen LogP contribution in [0.5, 0.6) is 0 Å². The first-order chi connectivity index (χ1) is 13.9. The van der Waals surface area contributed by atoms with Crippen molar-refractivity contribution in [3.8, 4) is 11.8 Å². The molecule has 0 amide bonds. The van der Waals surface area contributed by atoms with Crippen LogP contribution in [0.1, 0.15) is 36.6 Å². The highest BCUT2D eigenvalue weighted by Crippen LogP contribution is 2.29. The largest absolute Gasteiger partial charge is 0.396 e. The first kappa shape index (κ1) is 21.3. The summed E-state index contributed by atoms with van der Waals surface area (Å²) in [6.07, 6.45) is 1.95. The number of H-pyrrole nitrogens is 1. The number of hydrogen-bond donors (Lipinski definition) is 5. The highest BCUT2D eigenvalue weighted by atomic mass is 35.5. The molecule has 8 nitrogen and oxygen atoms in total. The van der Waals surface area contributed by atoms with E-state index in [1.807, 2.05) is 12.1 Å². The lowest BCUT2D eigenvalue weighted by molar-refractivity contribution is -0.348. The zero-order valence-corrected chi connectivity index (χ0v) is 16.8. The van der Waals surface area contributed by atoms with E-state index in [-0.39, 0.29) is 17.7 Å². The standard InChI is InChI=1S/C20H24ClN5O3/c1-2-3-13-6-4-11(9-23-13)5-7-14-18(21)25-20(22)26-19(14)24-15-8-12(10-27)16(28)17(15)29/h4,6,9,12,15-17,27-29H,2-3,8,10H2,1H3,(H3,22,24,25,26)/p+1. The second-order valence-electron chi connectivity index (χ2n) is 7.11. The molecule has 0 spiro atoms. The Morgan fingerprint density at radius 1 is 1.31 bits per heavy atom. The number of halogens is 1. The van der Waals surface area contributed by atoms with Gasteiger partial charge in [-0.2, -0.15) is 0 Å².